The van der Waals surface area contributed by atoms with Gasteiger partial charge in [-0.2, -0.15) is 0 Å². The van der Waals surface area contributed by atoms with E-state index in [-0.39, 0.29) is 29.3 Å². The summed E-state index contributed by atoms with van der Waals surface area (Å²) in [7, 11) is 0. The predicted molar refractivity (Wildman–Crippen MR) is 120 cm³/mol. The van der Waals surface area contributed by atoms with Crippen LogP contribution in [0.2, 0.25) is 0 Å². The SMILES string of the molecule is CC(=O)NS(=O)N1CC(c2c(C(C)C)n(-c3ccc(F)c(C)c3)c3ccc(O)cc23)C1. The number of fused-ring (bicyclic) bond motifs is 1. The van der Waals surface area contributed by atoms with Crippen molar-refractivity contribution in [1.82, 2.24) is 13.6 Å². The molecule has 0 spiro atoms. The van der Waals surface area contributed by atoms with Crippen molar-refractivity contribution in [1.29, 1.82) is 0 Å². The van der Waals surface area contributed by atoms with Crippen LogP contribution >= 0.6 is 0 Å². The summed E-state index contributed by atoms with van der Waals surface area (Å²) in [5, 5.41) is 11.1. The Balaban J connectivity index is 1.85. The maximum atomic E-state index is 13.9. The number of aromatic nitrogens is 1. The molecule has 1 fully saturated rings. The molecule has 6 nitrogen and oxygen atoms in total. The Hall–Kier alpha value is -2.71. The third kappa shape index (κ3) is 3.85. The standard InChI is InChI=1S/C23H26FN3O3S/c1-13(2)23-22(16-11-26(12-16)31(30)25-15(4)28)19-10-18(29)6-8-21(19)27(23)17-5-7-20(24)14(3)9-17/h5-10,13,16,29H,11-12H2,1-4H3,(H,25,28). The number of phenolic OH excluding ortho intramolecular Hbond substituents is 1. The lowest BCUT2D eigenvalue weighted by atomic mass is 9.88. The molecule has 1 aromatic heterocycles. The number of nitrogens with one attached hydrogen (secondary N) is 1. The van der Waals surface area contributed by atoms with E-state index in [2.05, 4.69) is 23.1 Å². The van der Waals surface area contributed by atoms with Crippen LogP contribution in [-0.4, -0.2) is 37.2 Å². The van der Waals surface area contributed by atoms with Crippen molar-refractivity contribution in [2.45, 2.75) is 39.5 Å². The quantitative estimate of drug-likeness (QED) is 0.626. The average molecular weight is 444 g/mol. The Morgan fingerprint density at radius 2 is 1.94 bits per heavy atom. The molecule has 2 heterocycles. The van der Waals surface area contributed by atoms with Crippen molar-refractivity contribution in [3.63, 3.8) is 0 Å². The maximum Gasteiger partial charge on any atom is 0.229 e. The van der Waals surface area contributed by atoms with Crippen LogP contribution in [0.15, 0.2) is 36.4 Å². The van der Waals surface area contributed by atoms with Crippen LogP contribution in [0.1, 0.15) is 49.4 Å². The van der Waals surface area contributed by atoms with E-state index in [0.717, 1.165) is 27.8 Å². The van der Waals surface area contributed by atoms with Crippen LogP contribution < -0.4 is 4.72 Å². The van der Waals surface area contributed by atoms with E-state index in [4.69, 9.17) is 0 Å². The Bertz CT molecular complexity index is 1200. The van der Waals surface area contributed by atoms with Crippen LogP contribution in [0, 0.1) is 12.7 Å². The number of phenols is 1. The van der Waals surface area contributed by atoms with Gasteiger partial charge in [-0.25, -0.2) is 12.9 Å². The van der Waals surface area contributed by atoms with Crippen LogP contribution in [0.3, 0.4) is 0 Å². The topological polar surface area (TPSA) is 74.6 Å². The number of halogens is 1. The highest BCUT2D eigenvalue weighted by atomic mass is 32.2. The lowest BCUT2D eigenvalue weighted by Gasteiger charge is -2.38. The fraction of sp³-hybridized carbons (Fsp3) is 0.348. The fourth-order valence-electron chi connectivity index (χ4n) is 4.31. The minimum absolute atomic E-state index is 0.0993. The van der Waals surface area contributed by atoms with Gasteiger partial charge in [-0.1, -0.05) is 13.8 Å². The van der Waals surface area contributed by atoms with Crippen molar-refractivity contribution >= 4 is 28.0 Å². The summed E-state index contributed by atoms with van der Waals surface area (Å²) in [6.07, 6.45) is 0. The molecule has 164 valence electrons. The van der Waals surface area contributed by atoms with Gasteiger partial charge in [0.15, 0.2) is 11.2 Å². The zero-order valence-electron chi connectivity index (χ0n) is 18.0. The van der Waals surface area contributed by atoms with E-state index in [1.54, 1.807) is 29.4 Å². The Labute approximate surface area is 183 Å². The largest absolute Gasteiger partial charge is 0.508 e. The lowest BCUT2D eigenvalue weighted by Crippen LogP contribution is -2.50. The second kappa shape index (κ2) is 8.09. The molecule has 0 saturated carbocycles. The average Bonchev–Trinajstić information content (AvgIpc) is 2.96. The first-order chi connectivity index (χ1) is 14.7. The van der Waals surface area contributed by atoms with Gasteiger partial charge >= 0.3 is 0 Å². The van der Waals surface area contributed by atoms with E-state index in [0.29, 0.717) is 18.7 Å². The second-order valence-corrected chi connectivity index (χ2v) is 9.59. The second-order valence-electron chi connectivity index (χ2n) is 8.38. The van der Waals surface area contributed by atoms with Gasteiger partial charge in [0.1, 0.15) is 11.6 Å². The van der Waals surface area contributed by atoms with E-state index >= 15 is 0 Å². The molecule has 2 N–H and O–H groups in total. The van der Waals surface area contributed by atoms with Crippen LogP contribution in [-0.2, 0) is 16.0 Å². The highest BCUT2D eigenvalue weighted by Gasteiger charge is 2.37. The smallest absolute Gasteiger partial charge is 0.229 e. The molecule has 1 unspecified atom stereocenters. The molecule has 0 aliphatic carbocycles. The first-order valence-electron chi connectivity index (χ1n) is 10.2. The maximum absolute atomic E-state index is 13.9. The molecule has 3 aromatic rings. The van der Waals surface area contributed by atoms with E-state index < -0.39 is 11.2 Å². The van der Waals surface area contributed by atoms with E-state index in [9.17, 15) is 18.5 Å². The van der Waals surface area contributed by atoms with Gasteiger partial charge in [0, 0.05) is 42.7 Å². The molecule has 0 bridgehead atoms. The number of rotatable bonds is 5. The normalized spacial score (nSPS) is 15.9. The van der Waals surface area contributed by atoms with Crippen LogP contribution in [0.5, 0.6) is 5.75 Å². The predicted octanol–water partition coefficient (Wildman–Crippen LogP) is 4.02. The number of carbonyl (C=O) groups excluding carboxylic acids is 1. The Kier molecular flexibility index (Phi) is 5.61. The molecule has 1 atom stereocenters. The van der Waals surface area contributed by atoms with Crippen molar-refractivity contribution in [3.05, 3.63) is 59.0 Å². The third-order valence-corrected chi connectivity index (χ3v) is 6.93. The van der Waals surface area contributed by atoms with Crippen molar-refractivity contribution < 1.29 is 18.5 Å². The summed E-state index contributed by atoms with van der Waals surface area (Å²) in [5.74, 6) is -0.154. The summed E-state index contributed by atoms with van der Waals surface area (Å²) in [5.41, 5.74) is 4.54. The number of nitrogens with zero attached hydrogens (tertiary/aromatic N) is 2. The molecule has 1 amide bonds. The third-order valence-electron chi connectivity index (χ3n) is 5.70. The monoisotopic (exact) mass is 443 g/mol. The van der Waals surface area contributed by atoms with Gasteiger partial charge in [-0.05, 0) is 60.4 Å². The van der Waals surface area contributed by atoms with E-state index in [1.165, 1.54) is 13.0 Å². The molecule has 8 heteroatoms. The van der Waals surface area contributed by atoms with Gasteiger partial charge in [-0.3, -0.25) is 9.52 Å². The number of aryl methyl sites for hydroxylation is 1. The van der Waals surface area contributed by atoms with Crippen molar-refractivity contribution in [2.75, 3.05) is 13.1 Å². The molecule has 1 saturated heterocycles. The van der Waals surface area contributed by atoms with Gasteiger partial charge in [0.2, 0.25) is 5.91 Å². The minimum atomic E-state index is -1.56. The molecular weight excluding hydrogens is 417 g/mol. The molecule has 4 rings (SSSR count). The summed E-state index contributed by atoms with van der Waals surface area (Å²) in [6, 6.07) is 10.4. The van der Waals surface area contributed by atoms with Gasteiger partial charge in [0.05, 0.1) is 5.52 Å². The summed E-state index contributed by atoms with van der Waals surface area (Å²) in [4.78, 5) is 11.2. The Morgan fingerprint density at radius 1 is 1.23 bits per heavy atom. The summed E-state index contributed by atoms with van der Waals surface area (Å²) >= 11 is -1.56. The zero-order valence-corrected chi connectivity index (χ0v) is 18.8. The molecule has 1 aliphatic heterocycles. The number of hydrogen-bond acceptors (Lipinski definition) is 3. The van der Waals surface area contributed by atoms with Gasteiger partial charge in [-0.15, -0.1) is 0 Å². The molecule has 31 heavy (non-hydrogen) atoms. The molecule has 2 aromatic carbocycles. The summed E-state index contributed by atoms with van der Waals surface area (Å²) in [6.45, 7) is 8.36. The van der Waals surface area contributed by atoms with Gasteiger partial charge in [0.25, 0.3) is 0 Å². The minimum Gasteiger partial charge on any atom is -0.508 e. The molecule has 1 aliphatic rings. The highest BCUT2D eigenvalue weighted by Crippen LogP contribution is 2.42. The van der Waals surface area contributed by atoms with Crippen molar-refractivity contribution in [3.8, 4) is 11.4 Å². The van der Waals surface area contributed by atoms with Crippen LogP contribution in [0.25, 0.3) is 16.6 Å². The highest BCUT2D eigenvalue weighted by molar-refractivity contribution is 7.81. The van der Waals surface area contributed by atoms with Gasteiger partial charge < -0.3 is 9.67 Å². The molecular formula is C23H26FN3O3S. The zero-order chi connectivity index (χ0) is 22.4. The first kappa shape index (κ1) is 21.5. The first-order valence-corrected chi connectivity index (χ1v) is 11.4. The number of aromatic hydroxyl groups is 1. The number of benzene rings is 2. The fourth-order valence-corrected chi connectivity index (χ4v) is 5.32. The van der Waals surface area contributed by atoms with Crippen LogP contribution in [0.4, 0.5) is 4.39 Å². The number of hydrogen-bond donors (Lipinski definition) is 2. The summed E-state index contributed by atoms with van der Waals surface area (Å²) < 4.78 is 32.5. The number of amides is 1. The Morgan fingerprint density at radius 3 is 2.55 bits per heavy atom. The van der Waals surface area contributed by atoms with E-state index in [1.807, 2.05) is 12.1 Å². The lowest BCUT2D eigenvalue weighted by molar-refractivity contribution is -0.117. The molecule has 0 radical (unpaired) electrons. The van der Waals surface area contributed by atoms with Crippen molar-refractivity contribution in [2.24, 2.45) is 0 Å². The number of carbonyl (C=O) groups is 1.